The fourth-order valence-electron chi connectivity index (χ4n) is 9.03. The van der Waals surface area contributed by atoms with E-state index in [0.717, 1.165) is 61.1 Å². The number of nitrogens with zero attached hydrogens (tertiary/aromatic N) is 5. The first-order valence-corrected chi connectivity index (χ1v) is 18.7. The number of halogens is 1. The van der Waals surface area contributed by atoms with Crippen LogP contribution in [0, 0.1) is 11.7 Å². The Morgan fingerprint density at radius 3 is 2.24 bits per heavy atom. The fourth-order valence-corrected chi connectivity index (χ4v) is 9.03. The van der Waals surface area contributed by atoms with E-state index in [4.69, 9.17) is 14.5 Å². The number of H-pyrrole nitrogens is 1. The second kappa shape index (κ2) is 13.5. The molecule has 14 nitrogen and oxygen atoms in total. The van der Waals surface area contributed by atoms with Crippen LogP contribution >= 0.6 is 0 Å². The quantitative estimate of drug-likeness (QED) is 0.255. The first-order chi connectivity index (χ1) is 26.6. The Hall–Kier alpha value is -5.83. The van der Waals surface area contributed by atoms with Crippen LogP contribution in [0.5, 0.6) is 11.5 Å². The lowest BCUT2D eigenvalue weighted by molar-refractivity contribution is -0.136. The minimum atomic E-state index is -1.09. The predicted octanol–water partition coefficient (Wildman–Crippen LogP) is 3.33. The molecule has 0 saturated carbocycles. The van der Waals surface area contributed by atoms with E-state index in [1.54, 1.807) is 19.2 Å². The zero-order valence-electron chi connectivity index (χ0n) is 30.5. The summed E-state index contributed by atoms with van der Waals surface area (Å²) in [5, 5.41) is 2.56. The topological polar surface area (TPSA) is 157 Å². The van der Waals surface area contributed by atoms with E-state index in [0.29, 0.717) is 52.9 Å². The Bertz CT molecular complexity index is 2310. The number of ether oxygens (including phenoxy) is 2. The molecule has 4 amide bonds. The summed E-state index contributed by atoms with van der Waals surface area (Å²) in [7, 11) is 3.06. The van der Waals surface area contributed by atoms with Crippen LogP contribution in [0.3, 0.4) is 0 Å². The Morgan fingerprint density at radius 1 is 0.855 bits per heavy atom. The monoisotopic (exact) mass is 749 g/mol. The third-order valence-corrected chi connectivity index (χ3v) is 12.0. The summed E-state index contributed by atoms with van der Waals surface area (Å²) in [4.78, 5) is 79.0. The van der Waals surface area contributed by atoms with Crippen LogP contribution in [0.15, 0.2) is 53.3 Å². The highest BCUT2D eigenvalue weighted by molar-refractivity contribution is 6.23. The van der Waals surface area contributed by atoms with Crippen molar-refractivity contribution in [2.24, 2.45) is 5.92 Å². The second-order valence-corrected chi connectivity index (χ2v) is 15.1. The van der Waals surface area contributed by atoms with Crippen LogP contribution in [0.1, 0.15) is 52.8 Å². The number of benzene rings is 3. The van der Waals surface area contributed by atoms with Crippen molar-refractivity contribution in [3.05, 3.63) is 75.8 Å². The summed E-state index contributed by atoms with van der Waals surface area (Å²) in [5.41, 5.74) is 2.45. The van der Waals surface area contributed by atoms with Gasteiger partial charge in [0.05, 0.1) is 36.6 Å². The molecular weight excluding hydrogens is 709 g/mol. The van der Waals surface area contributed by atoms with Crippen molar-refractivity contribution in [2.45, 2.75) is 50.2 Å². The molecule has 15 heteroatoms. The zero-order valence-corrected chi connectivity index (χ0v) is 30.5. The van der Waals surface area contributed by atoms with Gasteiger partial charge in [-0.3, -0.25) is 39.1 Å². The average Bonchev–Trinajstić information content (AvgIpc) is 3.43. The van der Waals surface area contributed by atoms with Crippen molar-refractivity contribution >= 4 is 45.9 Å². The van der Waals surface area contributed by atoms with Gasteiger partial charge in [0, 0.05) is 74.6 Å². The number of imide groups is 2. The molecule has 4 aromatic rings. The molecule has 10 rings (SSSR count). The highest BCUT2D eigenvalue weighted by atomic mass is 19.1. The molecule has 3 aromatic carbocycles. The average molecular weight is 750 g/mol. The highest BCUT2D eigenvalue weighted by Crippen LogP contribution is 2.40. The van der Waals surface area contributed by atoms with Crippen LogP contribution in [0.2, 0.25) is 0 Å². The lowest BCUT2D eigenvalue weighted by Crippen LogP contribution is -2.69. The number of piperazine rings is 1. The molecule has 5 fully saturated rings. The molecule has 3 atom stereocenters. The number of aromatic nitrogens is 2. The van der Waals surface area contributed by atoms with Gasteiger partial charge in [0.2, 0.25) is 11.8 Å². The SMILES string of the molecule is COc1cc(OC)c2c(=O)[nH]c(-c3ccc(N4CCC(CN5C6CC5CN(c5cc7c(cc5F)C(=O)N(C5CCC(=O)NC5=O)C7=O)C6)CC4)cc3)nc2c1. The zero-order chi connectivity index (χ0) is 38.1. The maximum atomic E-state index is 15.6. The van der Waals surface area contributed by atoms with Crippen molar-refractivity contribution in [3.63, 3.8) is 0 Å². The van der Waals surface area contributed by atoms with E-state index >= 15 is 4.39 Å². The molecule has 0 aliphatic carbocycles. The summed E-state index contributed by atoms with van der Waals surface area (Å²) >= 11 is 0. The van der Waals surface area contributed by atoms with E-state index in [-0.39, 0.29) is 41.6 Å². The van der Waals surface area contributed by atoms with Gasteiger partial charge >= 0.3 is 0 Å². The Kier molecular flexibility index (Phi) is 8.56. The van der Waals surface area contributed by atoms with Crippen molar-refractivity contribution in [3.8, 4) is 22.9 Å². The standard InChI is InChI=1S/C40H40FN7O7/c1-54-26-14-30-35(33(15-26)55-2)38(51)44-36(42-30)22-3-5-23(6-4-22)45-11-9-21(10-12-45)18-47-24-13-25(47)20-46(19-24)32-17-28-27(16-29(32)41)39(52)48(40(28)53)31-7-8-34(49)43-37(31)50/h3-6,14-17,21,24-25,31H,7-13,18-20H2,1-2H3,(H,42,44,51)(H,43,49,50). The number of amides is 4. The van der Waals surface area contributed by atoms with E-state index < -0.39 is 35.5 Å². The van der Waals surface area contributed by atoms with Gasteiger partial charge in [-0.1, -0.05) is 0 Å². The van der Waals surface area contributed by atoms with Gasteiger partial charge in [0.1, 0.15) is 34.6 Å². The van der Waals surface area contributed by atoms with Crippen molar-refractivity contribution in [1.82, 2.24) is 25.1 Å². The van der Waals surface area contributed by atoms with Crippen LogP contribution in [0.25, 0.3) is 22.3 Å². The molecule has 2 N–H and O–H groups in total. The maximum Gasteiger partial charge on any atom is 0.262 e. The van der Waals surface area contributed by atoms with Crippen molar-refractivity contribution in [2.75, 3.05) is 56.7 Å². The molecule has 3 unspecified atom stereocenters. The molecule has 5 saturated heterocycles. The number of carbonyl (C=O) groups excluding carboxylic acids is 4. The van der Waals surface area contributed by atoms with E-state index in [1.807, 2.05) is 17.0 Å². The molecule has 6 aliphatic heterocycles. The number of carbonyl (C=O) groups is 4. The fraction of sp³-hybridized carbons (Fsp3) is 0.400. The predicted molar refractivity (Wildman–Crippen MR) is 200 cm³/mol. The number of anilines is 2. The van der Waals surface area contributed by atoms with Gasteiger partial charge in [-0.25, -0.2) is 9.37 Å². The van der Waals surface area contributed by atoms with Gasteiger partial charge in [0.25, 0.3) is 17.4 Å². The largest absolute Gasteiger partial charge is 0.497 e. The number of hydrogen-bond acceptors (Lipinski definition) is 11. The van der Waals surface area contributed by atoms with Crippen molar-refractivity contribution in [1.29, 1.82) is 0 Å². The van der Waals surface area contributed by atoms with Crippen LogP contribution in [-0.4, -0.2) is 108 Å². The molecule has 1 aromatic heterocycles. The van der Waals surface area contributed by atoms with Gasteiger partial charge < -0.3 is 24.3 Å². The third-order valence-electron chi connectivity index (χ3n) is 12.0. The van der Waals surface area contributed by atoms with E-state index in [2.05, 4.69) is 32.2 Å². The molecule has 55 heavy (non-hydrogen) atoms. The maximum absolute atomic E-state index is 15.6. The molecule has 0 spiro atoms. The second-order valence-electron chi connectivity index (χ2n) is 15.1. The number of fused-ring (bicyclic) bond motifs is 4. The molecule has 0 radical (unpaired) electrons. The van der Waals surface area contributed by atoms with Crippen molar-refractivity contribution < 1.29 is 33.0 Å². The summed E-state index contributed by atoms with van der Waals surface area (Å²) < 4.78 is 26.3. The van der Waals surface area contributed by atoms with Gasteiger partial charge in [-0.2, -0.15) is 0 Å². The lowest BCUT2D eigenvalue weighted by atomic mass is 9.84. The number of nitrogens with one attached hydrogen (secondary N) is 2. The first-order valence-electron chi connectivity index (χ1n) is 18.7. The number of rotatable bonds is 8. The Labute approximate surface area is 315 Å². The molecule has 284 valence electrons. The number of aromatic amines is 1. The van der Waals surface area contributed by atoms with E-state index in [1.165, 1.54) is 13.2 Å². The van der Waals surface area contributed by atoms with Crippen LogP contribution < -0.4 is 30.1 Å². The molecule has 2 bridgehead atoms. The molecule has 6 aliphatic rings. The number of hydrogen-bond donors (Lipinski definition) is 2. The van der Waals surface area contributed by atoms with Crippen LogP contribution in [0.4, 0.5) is 15.8 Å². The minimum absolute atomic E-state index is 0.0216. The molecule has 7 heterocycles. The molecular formula is C40H40FN7O7. The van der Waals surface area contributed by atoms with E-state index in [9.17, 15) is 24.0 Å². The summed E-state index contributed by atoms with van der Waals surface area (Å²) in [6.45, 7) is 4.07. The van der Waals surface area contributed by atoms with Gasteiger partial charge in [-0.15, -0.1) is 0 Å². The highest BCUT2D eigenvalue weighted by Gasteiger charge is 2.48. The minimum Gasteiger partial charge on any atom is -0.497 e. The number of methoxy groups -OCH3 is 2. The lowest BCUT2D eigenvalue weighted by Gasteiger charge is -2.58. The first kappa shape index (κ1) is 34.9. The Balaban J connectivity index is 0.808. The summed E-state index contributed by atoms with van der Waals surface area (Å²) in [6, 6.07) is 13.5. The normalized spacial score (nSPS) is 22.9. The summed E-state index contributed by atoms with van der Waals surface area (Å²) in [5.74, 6) is -1.10. The Morgan fingerprint density at radius 2 is 1.56 bits per heavy atom. The smallest absolute Gasteiger partial charge is 0.262 e. The van der Waals surface area contributed by atoms with Gasteiger partial charge in [0.15, 0.2) is 0 Å². The third kappa shape index (κ3) is 5.97. The van der Waals surface area contributed by atoms with Gasteiger partial charge in [-0.05, 0) is 68.0 Å². The number of piperidine rings is 3. The van der Waals surface area contributed by atoms with Crippen LogP contribution in [-0.2, 0) is 9.59 Å². The summed E-state index contributed by atoms with van der Waals surface area (Å²) in [6.07, 6.45) is 3.19.